The van der Waals surface area contributed by atoms with Gasteiger partial charge in [0.05, 0.1) is 19.8 Å². The second-order valence-corrected chi connectivity index (χ2v) is 4.72. The Morgan fingerprint density at radius 2 is 1.94 bits per heavy atom. The minimum Gasteiger partial charge on any atom is -0.380 e. The molecule has 0 aliphatic carbocycles. The summed E-state index contributed by atoms with van der Waals surface area (Å²) in [4.78, 5) is 2.42. The number of piperidine rings is 1. The molecule has 0 saturated carbocycles. The monoisotopic (exact) mass is 228 g/mol. The summed E-state index contributed by atoms with van der Waals surface area (Å²) in [6.45, 7) is 9.12. The van der Waals surface area contributed by atoms with Gasteiger partial charge in [0.25, 0.3) is 0 Å². The lowest BCUT2D eigenvalue weighted by molar-refractivity contribution is 0.0141. The summed E-state index contributed by atoms with van der Waals surface area (Å²) in [5, 5.41) is 3.38. The van der Waals surface area contributed by atoms with Crippen LogP contribution in [0.4, 0.5) is 0 Å². The van der Waals surface area contributed by atoms with Crippen molar-refractivity contribution in [3.8, 4) is 0 Å². The predicted octanol–water partition coefficient (Wildman–Crippen LogP) is 0.335. The average Bonchev–Trinajstić information content (AvgIpc) is 2.37. The molecule has 16 heavy (non-hydrogen) atoms. The third-order valence-electron chi connectivity index (χ3n) is 3.47. The van der Waals surface area contributed by atoms with Crippen molar-refractivity contribution in [3.63, 3.8) is 0 Å². The number of nitrogens with zero attached hydrogens (tertiary/aromatic N) is 1. The Kier molecular flexibility index (Phi) is 5.55. The third kappa shape index (κ3) is 4.37. The molecule has 1 N–H and O–H groups in total. The zero-order valence-electron chi connectivity index (χ0n) is 10.1. The molecule has 0 aromatic heterocycles. The van der Waals surface area contributed by atoms with E-state index in [1.54, 1.807) is 0 Å². The van der Waals surface area contributed by atoms with Crippen LogP contribution in [0.5, 0.6) is 0 Å². The molecule has 94 valence electrons. The maximum absolute atomic E-state index is 5.77. The summed E-state index contributed by atoms with van der Waals surface area (Å²) < 4.78 is 11.1. The highest BCUT2D eigenvalue weighted by atomic mass is 16.5. The number of hydrogen-bond donors (Lipinski definition) is 1. The minimum absolute atomic E-state index is 0.783. The molecule has 0 aromatic rings. The summed E-state index contributed by atoms with van der Waals surface area (Å²) >= 11 is 0. The van der Waals surface area contributed by atoms with Gasteiger partial charge in [-0.15, -0.1) is 0 Å². The van der Waals surface area contributed by atoms with Gasteiger partial charge in [0.15, 0.2) is 0 Å². The Hall–Kier alpha value is -0.160. The lowest BCUT2D eigenvalue weighted by Crippen LogP contribution is -2.38. The number of hydrogen-bond acceptors (Lipinski definition) is 4. The van der Waals surface area contributed by atoms with Gasteiger partial charge in [-0.1, -0.05) is 0 Å². The molecule has 2 saturated heterocycles. The van der Waals surface area contributed by atoms with Gasteiger partial charge < -0.3 is 14.8 Å². The molecule has 2 aliphatic rings. The molecule has 0 spiro atoms. The van der Waals surface area contributed by atoms with E-state index in [2.05, 4.69) is 10.2 Å². The highest BCUT2D eigenvalue weighted by molar-refractivity contribution is 4.68. The van der Waals surface area contributed by atoms with Crippen LogP contribution in [0, 0.1) is 5.92 Å². The lowest BCUT2D eigenvalue weighted by atomic mass is 9.99. The number of nitrogens with one attached hydrogen (secondary N) is 1. The summed E-state index contributed by atoms with van der Waals surface area (Å²) in [5.41, 5.74) is 0. The fraction of sp³-hybridized carbons (Fsp3) is 1.00. The van der Waals surface area contributed by atoms with Crippen LogP contribution >= 0.6 is 0 Å². The number of rotatable bonds is 5. The van der Waals surface area contributed by atoms with E-state index in [1.807, 2.05) is 0 Å². The molecule has 4 heteroatoms. The van der Waals surface area contributed by atoms with Crippen LogP contribution in [0.25, 0.3) is 0 Å². The first-order valence-corrected chi connectivity index (χ1v) is 6.54. The molecule has 0 bridgehead atoms. The molecule has 4 nitrogen and oxygen atoms in total. The Labute approximate surface area is 98.3 Å². The SMILES string of the molecule is C1CC(COCCN2CCOCC2)CCN1. The molecule has 2 rings (SSSR count). The van der Waals surface area contributed by atoms with Crippen molar-refractivity contribution in [1.82, 2.24) is 10.2 Å². The second kappa shape index (κ2) is 7.22. The molecule has 0 aromatic carbocycles. The second-order valence-electron chi connectivity index (χ2n) is 4.72. The van der Waals surface area contributed by atoms with Gasteiger partial charge in [-0.2, -0.15) is 0 Å². The van der Waals surface area contributed by atoms with Gasteiger partial charge in [-0.05, 0) is 31.8 Å². The molecular weight excluding hydrogens is 204 g/mol. The van der Waals surface area contributed by atoms with E-state index in [9.17, 15) is 0 Å². The summed E-state index contributed by atoms with van der Waals surface area (Å²) in [6, 6.07) is 0. The van der Waals surface area contributed by atoms with Crippen LogP contribution in [0.2, 0.25) is 0 Å². The molecular formula is C12H24N2O2. The Balaban J connectivity index is 1.47. The summed E-state index contributed by atoms with van der Waals surface area (Å²) in [6.07, 6.45) is 2.55. The zero-order chi connectivity index (χ0) is 11.1. The topological polar surface area (TPSA) is 33.7 Å². The van der Waals surface area contributed by atoms with Gasteiger partial charge in [0.1, 0.15) is 0 Å². The van der Waals surface area contributed by atoms with Crippen molar-refractivity contribution in [1.29, 1.82) is 0 Å². The van der Waals surface area contributed by atoms with E-state index in [4.69, 9.17) is 9.47 Å². The van der Waals surface area contributed by atoms with Crippen LogP contribution in [0.1, 0.15) is 12.8 Å². The van der Waals surface area contributed by atoms with Crippen molar-refractivity contribution >= 4 is 0 Å². The van der Waals surface area contributed by atoms with Gasteiger partial charge in [0.2, 0.25) is 0 Å². The van der Waals surface area contributed by atoms with Crippen molar-refractivity contribution in [2.24, 2.45) is 5.92 Å². The molecule has 2 aliphatic heterocycles. The highest BCUT2D eigenvalue weighted by Crippen LogP contribution is 2.11. The lowest BCUT2D eigenvalue weighted by Gasteiger charge is -2.27. The maximum Gasteiger partial charge on any atom is 0.0594 e. The molecule has 2 heterocycles. The summed E-state index contributed by atoms with van der Waals surface area (Å²) in [7, 11) is 0. The highest BCUT2D eigenvalue weighted by Gasteiger charge is 2.13. The van der Waals surface area contributed by atoms with Crippen LogP contribution in [-0.2, 0) is 9.47 Å². The fourth-order valence-electron chi connectivity index (χ4n) is 2.32. The van der Waals surface area contributed by atoms with Crippen LogP contribution in [-0.4, -0.2) is 64.1 Å². The molecule has 0 unspecified atom stereocenters. The van der Waals surface area contributed by atoms with Crippen LogP contribution < -0.4 is 5.32 Å². The Morgan fingerprint density at radius 1 is 1.19 bits per heavy atom. The number of morpholine rings is 1. The largest absolute Gasteiger partial charge is 0.380 e. The van der Waals surface area contributed by atoms with Crippen molar-refractivity contribution in [2.75, 3.05) is 59.2 Å². The minimum atomic E-state index is 0.783. The Bertz CT molecular complexity index is 158. The van der Waals surface area contributed by atoms with Gasteiger partial charge >= 0.3 is 0 Å². The van der Waals surface area contributed by atoms with Crippen molar-refractivity contribution in [3.05, 3.63) is 0 Å². The van der Waals surface area contributed by atoms with Crippen molar-refractivity contribution in [2.45, 2.75) is 12.8 Å². The maximum atomic E-state index is 5.77. The van der Waals surface area contributed by atoms with Crippen LogP contribution in [0.3, 0.4) is 0 Å². The Morgan fingerprint density at radius 3 is 2.69 bits per heavy atom. The smallest absolute Gasteiger partial charge is 0.0594 e. The quantitative estimate of drug-likeness (QED) is 0.688. The summed E-state index contributed by atoms with van der Waals surface area (Å²) in [5.74, 6) is 0.783. The van der Waals surface area contributed by atoms with Crippen LogP contribution in [0.15, 0.2) is 0 Å². The fourth-order valence-corrected chi connectivity index (χ4v) is 2.32. The third-order valence-corrected chi connectivity index (χ3v) is 3.47. The first kappa shape index (κ1) is 12.3. The molecule has 0 radical (unpaired) electrons. The van der Waals surface area contributed by atoms with E-state index in [0.717, 1.165) is 65.1 Å². The van der Waals surface area contributed by atoms with E-state index in [1.165, 1.54) is 12.8 Å². The van der Waals surface area contributed by atoms with E-state index in [-0.39, 0.29) is 0 Å². The number of ether oxygens (including phenoxy) is 2. The van der Waals surface area contributed by atoms with Gasteiger partial charge in [-0.25, -0.2) is 0 Å². The van der Waals surface area contributed by atoms with Crippen molar-refractivity contribution < 1.29 is 9.47 Å². The first-order chi connectivity index (χ1) is 7.95. The van der Waals surface area contributed by atoms with E-state index < -0.39 is 0 Å². The van der Waals surface area contributed by atoms with Gasteiger partial charge in [0, 0.05) is 26.2 Å². The standard InChI is InChI=1S/C12H24N2O2/c1-3-13-4-2-12(1)11-16-10-7-14-5-8-15-9-6-14/h12-13H,1-11H2. The molecule has 2 fully saturated rings. The van der Waals surface area contributed by atoms with E-state index >= 15 is 0 Å². The van der Waals surface area contributed by atoms with Gasteiger partial charge in [-0.3, -0.25) is 4.90 Å². The predicted molar refractivity (Wildman–Crippen MR) is 63.7 cm³/mol. The molecule has 0 atom stereocenters. The van der Waals surface area contributed by atoms with E-state index in [0.29, 0.717) is 0 Å². The normalized spacial score (nSPS) is 24.8. The molecule has 0 amide bonds. The first-order valence-electron chi connectivity index (χ1n) is 6.54. The average molecular weight is 228 g/mol. The zero-order valence-corrected chi connectivity index (χ0v) is 10.1.